The minimum absolute atomic E-state index is 0.0326. The third kappa shape index (κ3) is 4.00. The van der Waals surface area contributed by atoms with Crippen molar-refractivity contribution in [2.75, 3.05) is 5.32 Å². The summed E-state index contributed by atoms with van der Waals surface area (Å²) in [7, 11) is 0. The van der Waals surface area contributed by atoms with Crippen LogP contribution in [0.15, 0.2) is 48.7 Å². The molecule has 4 nitrogen and oxygen atoms in total. The molecule has 6 heteroatoms. The third-order valence-electron chi connectivity index (χ3n) is 3.59. The molecule has 0 saturated carbocycles. The van der Waals surface area contributed by atoms with Gasteiger partial charge in [-0.15, -0.1) is 0 Å². The maximum atomic E-state index is 13.4. The molecule has 0 aliphatic carbocycles. The molecule has 0 atom stereocenters. The van der Waals surface area contributed by atoms with Crippen LogP contribution in [0.1, 0.15) is 21.9 Å². The Morgan fingerprint density at radius 1 is 1.04 bits per heavy atom. The van der Waals surface area contributed by atoms with Crippen LogP contribution in [0, 0.1) is 19.7 Å². The number of anilines is 1. The number of amides is 1. The van der Waals surface area contributed by atoms with Crippen LogP contribution in [0.5, 0.6) is 0 Å². The number of nitrogens with one attached hydrogen (secondary N) is 1. The molecule has 3 rings (SSSR count). The molecule has 1 aromatic carbocycles. The number of carbonyl (C=O) groups excluding carboxylic acids is 1. The summed E-state index contributed by atoms with van der Waals surface area (Å²) >= 11 is 5.85. The highest BCUT2D eigenvalue weighted by Gasteiger charge is 2.12. The zero-order chi connectivity index (χ0) is 18.0. The molecule has 3 aromatic rings. The van der Waals surface area contributed by atoms with Crippen molar-refractivity contribution in [1.82, 2.24) is 9.97 Å². The molecule has 2 aromatic heterocycles. The van der Waals surface area contributed by atoms with E-state index >= 15 is 0 Å². The smallest absolute Gasteiger partial charge is 0.274 e. The molecular weight excluding hydrogens is 341 g/mol. The van der Waals surface area contributed by atoms with Crippen molar-refractivity contribution < 1.29 is 9.18 Å². The lowest BCUT2D eigenvalue weighted by Crippen LogP contribution is -2.14. The van der Waals surface area contributed by atoms with Crippen LogP contribution < -0.4 is 5.32 Å². The number of carbonyl (C=O) groups is 1. The van der Waals surface area contributed by atoms with Crippen LogP contribution in [0.25, 0.3) is 11.1 Å². The molecule has 0 fully saturated rings. The van der Waals surface area contributed by atoms with Crippen LogP contribution in [-0.2, 0) is 0 Å². The summed E-state index contributed by atoms with van der Waals surface area (Å²) in [6.07, 6.45) is 1.63. The lowest BCUT2D eigenvalue weighted by atomic mass is 10.0. The number of benzene rings is 1. The molecule has 1 amide bonds. The first-order valence-corrected chi connectivity index (χ1v) is 7.98. The van der Waals surface area contributed by atoms with E-state index < -0.39 is 5.82 Å². The largest absolute Gasteiger partial charge is 0.321 e. The molecule has 1 N–H and O–H groups in total. The van der Waals surface area contributed by atoms with E-state index in [1.165, 1.54) is 12.1 Å². The van der Waals surface area contributed by atoms with Gasteiger partial charge in [0.1, 0.15) is 11.5 Å². The van der Waals surface area contributed by atoms with Crippen LogP contribution in [0.4, 0.5) is 10.1 Å². The van der Waals surface area contributed by atoms with Crippen molar-refractivity contribution >= 4 is 23.2 Å². The Morgan fingerprint density at radius 2 is 1.84 bits per heavy atom. The fourth-order valence-corrected chi connectivity index (χ4v) is 2.63. The van der Waals surface area contributed by atoms with Gasteiger partial charge in [0.2, 0.25) is 0 Å². The Morgan fingerprint density at radius 3 is 2.56 bits per heavy atom. The summed E-state index contributed by atoms with van der Waals surface area (Å²) in [5, 5.41) is 2.83. The van der Waals surface area contributed by atoms with Gasteiger partial charge in [-0.1, -0.05) is 17.7 Å². The summed E-state index contributed by atoms with van der Waals surface area (Å²) in [5.41, 5.74) is 3.85. The van der Waals surface area contributed by atoms with E-state index in [1.807, 2.05) is 13.0 Å². The number of aryl methyl sites for hydroxylation is 2. The van der Waals surface area contributed by atoms with Gasteiger partial charge in [-0.25, -0.2) is 9.37 Å². The predicted octanol–water partition coefficient (Wildman–Crippen LogP) is 4.81. The molecule has 0 aliphatic rings. The molecule has 2 heterocycles. The normalized spacial score (nSPS) is 10.6. The summed E-state index contributed by atoms with van der Waals surface area (Å²) < 4.78 is 13.4. The Balaban J connectivity index is 1.93. The van der Waals surface area contributed by atoms with Crippen molar-refractivity contribution in [3.63, 3.8) is 0 Å². The van der Waals surface area contributed by atoms with E-state index in [9.17, 15) is 9.18 Å². The van der Waals surface area contributed by atoms with Gasteiger partial charge in [-0.05, 0) is 61.4 Å². The third-order valence-corrected chi connectivity index (χ3v) is 3.88. The summed E-state index contributed by atoms with van der Waals surface area (Å²) in [5.74, 6) is -0.814. The average Bonchev–Trinajstić information content (AvgIpc) is 2.57. The van der Waals surface area contributed by atoms with Gasteiger partial charge in [-0.2, -0.15) is 0 Å². The van der Waals surface area contributed by atoms with Gasteiger partial charge >= 0.3 is 0 Å². The van der Waals surface area contributed by atoms with Crippen molar-refractivity contribution in [3.05, 3.63) is 76.6 Å². The van der Waals surface area contributed by atoms with Crippen molar-refractivity contribution in [1.29, 1.82) is 0 Å². The van der Waals surface area contributed by atoms with Gasteiger partial charge in [0.15, 0.2) is 0 Å². The molecule has 126 valence electrons. The van der Waals surface area contributed by atoms with E-state index in [1.54, 1.807) is 37.4 Å². The van der Waals surface area contributed by atoms with Crippen molar-refractivity contribution in [3.8, 4) is 11.1 Å². The molecule has 25 heavy (non-hydrogen) atoms. The minimum Gasteiger partial charge on any atom is -0.321 e. The van der Waals surface area contributed by atoms with E-state index in [-0.39, 0.29) is 16.6 Å². The fraction of sp³-hybridized carbons (Fsp3) is 0.105. The fourth-order valence-electron chi connectivity index (χ4n) is 2.45. The molecule has 0 bridgehead atoms. The van der Waals surface area contributed by atoms with E-state index in [0.717, 1.165) is 11.3 Å². The first kappa shape index (κ1) is 17.0. The maximum Gasteiger partial charge on any atom is 0.274 e. The molecule has 0 saturated heterocycles. The minimum atomic E-state index is -0.484. The zero-order valence-electron chi connectivity index (χ0n) is 13.7. The number of hydrogen-bond donors (Lipinski definition) is 1. The maximum absolute atomic E-state index is 13.4. The number of halogens is 2. The van der Waals surface area contributed by atoms with Gasteiger partial charge in [0.05, 0.1) is 5.02 Å². The van der Waals surface area contributed by atoms with Crippen LogP contribution in [0.3, 0.4) is 0 Å². The van der Waals surface area contributed by atoms with Crippen molar-refractivity contribution in [2.45, 2.75) is 13.8 Å². The SMILES string of the molecule is Cc1cc(NC(=O)c2cc(-c3ccc(F)c(Cl)c3)cc(C)n2)ccn1. The molecule has 0 spiro atoms. The highest BCUT2D eigenvalue weighted by atomic mass is 35.5. The van der Waals surface area contributed by atoms with Crippen LogP contribution >= 0.6 is 11.6 Å². The quantitative estimate of drug-likeness (QED) is 0.733. The topological polar surface area (TPSA) is 54.9 Å². The Kier molecular flexibility index (Phi) is 4.76. The second kappa shape index (κ2) is 6.99. The highest BCUT2D eigenvalue weighted by molar-refractivity contribution is 6.31. The van der Waals surface area contributed by atoms with E-state index in [2.05, 4.69) is 15.3 Å². The van der Waals surface area contributed by atoms with Gasteiger partial charge in [-0.3, -0.25) is 9.78 Å². The van der Waals surface area contributed by atoms with Crippen molar-refractivity contribution in [2.24, 2.45) is 0 Å². The zero-order valence-corrected chi connectivity index (χ0v) is 14.4. The van der Waals surface area contributed by atoms with E-state index in [0.29, 0.717) is 16.9 Å². The summed E-state index contributed by atoms with van der Waals surface area (Å²) in [6.45, 7) is 3.64. The molecule has 0 aliphatic heterocycles. The number of pyridine rings is 2. The van der Waals surface area contributed by atoms with Gasteiger partial charge in [0.25, 0.3) is 5.91 Å². The molecule has 0 unspecified atom stereocenters. The number of aromatic nitrogens is 2. The summed E-state index contributed by atoms with van der Waals surface area (Å²) in [6, 6.07) is 11.4. The lowest BCUT2D eigenvalue weighted by molar-refractivity contribution is 0.102. The monoisotopic (exact) mass is 355 g/mol. The standard InChI is InChI=1S/C19H15ClFN3O/c1-11-8-15(5-6-22-11)24-19(25)18-10-14(7-12(2)23-18)13-3-4-17(21)16(20)9-13/h3-10H,1-2H3,(H,22,24,25). The first-order chi connectivity index (χ1) is 11.9. The Labute approximate surface area is 149 Å². The van der Waals surface area contributed by atoms with Crippen LogP contribution in [0.2, 0.25) is 5.02 Å². The second-order valence-electron chi connectivity index (χ2n) is 5.65. The number of nitrogens with zero attached hydrogens (tertiary/aromatic N) is 2. The molecular formula is C19H15ClFN3O. The first-order valence-electron chi connectivity index (χ1n) is 7.60. The predicted molar refractivity (Wildman–Crippen MR) is 96.3 cm³/mol. The van der Waals surface area contributed by atoms with Gasteiger partial charge in [0, 0.05) is 23.3 Å². The second-order valence-corrected chi connectivity index (χ2v) is 6.06. The average molecular weight is 356 g/mol. The van der Waals surface area contributed by atoms with Crippen LogP contribution in [-0.4, -0.2) is 15.9 Å². The lowest BCUT2D eigenvalue weighted by Gasteiger charge is -2.09. The highest BCUT2D eigenvalue weighted by Crippen LogP contribution is 2.26. The Hall–Kier alpha value is -2.79. The summed E-state index contributed by atoms with van der Waals surface area (Å²) in [4.78, 5) is 20.9. The Bertz CT molecular complexity index is 959. The van der Waals surface area contributed by atoms with Gasteiger partial charge < -0.3 is 5.32 Å². The number of hydrogen-bond acceptors (Lipinski definition) is 3. The number of rotatable bonds is 3. The van der Waals surface area contributed by atoms with E-state index in [4.69, 9.17) is 11.6 Å². The molecule has 0 radical (unpaired) electrons.